The van der Waals surface area contributed by atoms with Crippen molar-refractivity contribution >= 4 is 34.5 Å². The number of benzene rings is 4. The van der Waals surface area contributed by atoms with E-state index in [1.165, 1.54) is 5.56 Å². The standard InChI is InChI=1S/C37H34ClN3O3/c38-31-15-12-29(13-16-31)36-33(11-5-7-25-6-4-8-26(22-25)23-35(42)43)39-34-24-30(14-17-32(34)40-36)37(44)41-20-18-28(19-21-41)27-9-2-1-3-10-27/h1-4,6,8-10,12-17,22,24,28H,5,7,11,18-21,23H2,(H,42,43). The Hall–Kier alpha value is -4.55. The number of carbonyl (C=O) groups is 2. The number of hydrogen-bond acceptors (Lipinski definition) is 4. The molecule has 222 valence electrons. The number of nitrogens with zero attached hydrogens (tertiary/aromatic N) is 3. The Labute approximate surface area is 262 Å². The van der Waals surface area contributed by atoms with E-state index in [1.807, 2.05) is 77.7 Å². The summed E-state index contributed by atoms with van der Waals surface area (Å²) in [6, 6.07) is 31.5. The molecule has 1 amide bonds. The highest BCUT2D eigenvalue weighted by atomic mass is 35.5. The van der Waals surface area contributed by atoms with Gasteiger partial charge in [0.25, 0.3) is 5.91 Å². The molecular weight excluding hydrogens is 570 g/mol. The number of amides is 1. The number of hydrogen-bond donors (Lipinski definition) is 1. The van der Waals surface area contributed by atoms with Gasteiger partial charge in [0.1, 0.15) is 0 Å². The molecule has 44 heavy (non-hydrogen) atoms. The summed E-state index contributed by atoms with van der Waals surface area (Å²) in [6.07, 6.45) is 4.19. The van der Waals surface area contributed by atoms with Crippen LogP contribution in [0.1, 0.15) is 57.9 Å². The first-order valence-corrected chi connectivity index (χ1v) is 15.5. The predicted molar refractivity (Wildman–Crippen MR) is 174 cm³/mol. The second kappa shape index (κ2) is 13.4. The Morgan fingerprint density at radius 2 is 1.55 bits per heavy atom. The zero-order valence-corrected chi connectivity index (χ0v) is 25.2. The van der Waals surface area contributed by atoms with Crippen molar-refractivity contribution < 1.29 is 14.7 Å². The van der Waals surface area contributed by atoms with Gasteiger partial charge in [-0.2, -0.15) is 0 Å². The molecule has 1 aromatic heterocycles. The second-order valence-corrected chi connectivity index (χ2v) is 11.9. The van der Waals surface area contributed by atoms with Gasteiger partial charge in [0, 0.05) is 29.2 Å². The monoisotopic (exact) mass is 603 g/mol. The Morgan fingerprint density at radius 1 is 0.795 bits per heavy atom. The molecule has 1 aliphatic heterocycles. The number of halogens is 1. The van der Waals surface area contributed by atoms with E-state index in [9.17, 15) is 9.59 Å². The summed E-state index contributed by atoms with van der Waals surface area (Å²) in [6.45, 7) is 1.47. The average Bonchev–Trinajstić information content (AvgIpc) is 3.05. The van der Waals surface area contributed by atoms with Crippen LogP contribution < -0.4 is 0 Å². The van der Waals surface area contributed by atoms with Crippen molar-refractivity contribution in [3.8, 4) is 11.3 Å². The number of carboxylic acid groups (broad SMARTS) is 1. The SMILES string of the molecule is O=C(O)Cc1cccc(CCCc2nc3cc(C(=O)N4CCC(c5ccccc5)CC4)ccc3nc2-c2ccc(Cl)cc2)c1. The molecular formula is C37H34ClN3O3. The van der Waals surface area contributed by atoms with Crippen molar-refractivity contribution in [3.63, 3.8) is 0 Å². The summed E-state index contributed by atoms with van der Waals surface area (Å²) >= 11 is 6.17. The zero-order chi connectivity index (χ0) is 30.5. The van der Waals surface area contributed by atoms with E-state index in [4.69, 9.17) is 26.7 Å². The van der Waals surface area contributed by atoms with Crippen molar-refractivity contribution in [2.75, 3.05) is 13.1 Å². The largest absolute Gasteiger partial charge is 0.481 e. The second-order valence-electron chi connectivity index (χ2n) is 11.5. The van der Waals surface area contributed by atoms with Gasteiger partial charge in [-0.1, -0.05) is 78.3 Å². The molecule has 2 heterocycles. The third-order valence-corrected chi connectivity index (χ3v) is 8.63. The van der Waals surface area contributed by atoms with Crippen molar-refractivity contribution in [1.29, 1.82) is 0 Å². The van der Waals surface area contributed by atoms with Gasteiger partial charge in [0.15, 0.2) is 0 Å². The first kappa shape index (κ1) is 29.5. The van der Waals surface area contributed by atoms with Crippen LogP contribution in [0.15, 0.2) is 97.1 Å². The molecule has 0 radical (unpaired) electrons. The van der Waals surface area contributed by atoms with E-state index in [0.29, 0.717) is 28.4 Å². The minimum absolute atomic E-state index is 0.0107. The number of piperidine rings is 1. The number of likely N-dealkylation sites (tertiary alicyclic amines) is 1. The number of aromatic nitrogens is 2. The molecule has 1 aliphatic rings. The molecule has 7 heteroatoms. The Kier molecular flexibility index (Phi) is 8.99. The van der Waals surface area contributed by atoms with E-state index in [1.54, 1.807) is 0 Å². The van der Waals surface area contributed by atoms with Gasteiger partial charge in [0.05, 0.1) is 28.8 Å². The van der Waals surface area contributed by atoms with Crippen molar-refractivity contribution in [2.45, 2.75) is 44.4 Å². The molecule has 1 fully saturated rings. The number of fused-ring (bicyclic) bond motifs is 1. The lowest BCUT2D eigenvalue weighted by molar-refractivity contribution is -0.136. The number of aryl methyl sites for hydroxylation is 2. The van der Waals surface area contributed by atoms with Crippen LogP contribution in [0.5, 0.6) is 0 Å². The smallest absolute Gasteiger partial charge is 0.307 e. The quantitative estimate of drug-likeness (QED) is 0.186. The molecule has 6 nitrogen and oxygen atoms in total. The summed E-state index contributed by atoms with van der Waals surface area (Å²) in [4.78, 5) is 36.7. The van der Waals surface area contributed by atoms with E-state index < -0.39 is 5.97 Å². The maximum atomic E-state index is 13.5. The third kappa shape index (κ3) is 6.98. The molecule has 5 aromatic rings. The molecule has 1 saturated heterocycles. The van der Waals surface area contributed by atoms with Gasteiger partial charge in [-0.15, -0.1) is 0 Å². The van der Waals surface area contributed by atoms with Crippen LogP contribution in [0.3, 0.4) is 0 Å². The predicted octanol–water partition coefficient (Wildman–Crippen LogP) is 7.77. The maximum absolute atomic E-state index is 13.5. The summed E-state index contributed by atoms with van der Waals surface area (Å²) in [5.74, 6) is -0.322. The number of aliphatic carboxylic acids is 1. The topological polar surface area (TPSA) is 83.4 Å². The van der Waals surface area contributed by atoms with E-state index >= 15 is 0 Å². The van der Waals surface area contributed by atoms with Crippen LogP contribution in [0, 0.1) is 0 Å². The molecule has 0 atom stereocenters. The highest BCUT2D eigenvalue weighted by Crippen LogP contribution is 2.30. The minimum atomic E-state index is -0.837. The van der Waals surface area contributed by atoms with Crippen LogP contribution in [0.25, 0.3) is 22.3 Å². The number of carbonyl (C=O) groups excluding carboxylic acids is 1. The van der Waals surface area contributed by atoms with Crippen LogP contribution in [0.2, 0.25) is 5.02 Å². The average molecular weight is 604 g/mol. The minimum Gasteiger partial charge on any atom is -0.481 e. The summed E-state index contributed by atoms with van der Waals surface area (Å²) < 4.78 is 0. The maximum Gasteiger partial charge on any atom is 0.307 e. The summed E-state index contributed by atoms with van der Waals surface area (Å²) in [5.41, 5.74) is 7.89. The lowest BCUT2D eigenvalue weighted by Gasteiger charge is -2.32. The molecule has 0 bridgehead atoms. The molecule has 1 N–H and O–H groups in total. The van der Waals surface area contributed by atoms with Gasteiger partial charge in [-0.25, -0.2) is 9.97 Å². The molecule has 4 aromatic carbocycles. The first-order chi connectivity index (χ1) is 21.4. The molecule has 6 rings (SSSR count). The molecule has 0 aliphatic carbocycles. The van der Waals surface area contributed by atoms with E-state index in [2.05, 4.69) is 24.3 Å². The van der Waals surface area contributed by atoms with Crippen molar-refractivity contribution in [3.05, 3.63) is 130 Å². The molecule has 0 saturated carbocycles. The van der Waals surface area contributed by atoms with Crippen LogP contribution in [0.4, 0.5) is 0 Å². The van der Waals surface area contributed by atoms with Gasteiger partial charge in [-0.3, -0.25) is 9.59 Å². The zero-order valence-electron chi connectivity index (χ0n) is 24.5. The lowest BCUT2D eigenvalue weighted by Crippen LogP contribution is -2.37. The Bertz CT molecular complexity index is 1780. The van der Waals surface area contributed by atoms with Gasteiger partial charge >= 0.3 is 5.97 Å². The molecule has 0 unspecified atom stereocenters. The Balaban J connectivity index is 1.22. The van der Waals surface area contributed by atoms with Gasteiger partial charge < -0.3 is 10.0 Å². The van der Waals surface area contributed by atoms with Crippen LogP contribution in [-0.2, 0) is 24.1 Å². The fourth-order valence-corrected chi connectivity index (χ4v) is 6.22. The summed E-state index contributed by atoms with van der Waals surface area (Å²) in [5, 5.41) is 9.81. The fourth-order valence-electron chi connectivity index (χ4n) is 6.09. The van der Waals surface area contributed by atoms with Crippen molar-refractivity contribution in [1.82, 2.24) is 14.9 Å². The van der Waals surface area contributed by atoms with Crippen LogP contribution in [-0.4, -0.2) is 44.9 Å². The van der Waals surface area contributed by atoms with E-state index in [0.717, 1.165) is 72.4 Å². The highest BCUT2D eigenvalue weighted by Gasteiger charge is 2.25. The van der Waals surface area contributed by atoms with Gasteiger partial charge in [0.2, 0.25) is 0 Å². The fraction of sp³-hybridized carbons (Fsp3) is 0.243. The normalized spacial score (nSPS) is 13.7. The summed E-state index contributed by atoms with van der Waals surface area (Å²) in [7, 11) is 0. The van der Waals surface area contributed by atoms with Crippen molar-refractivity contribution in [2.24, 2.45) is 0 Å². The van der Waals surface area contributed by atoms with Gasteiger partial charge in [-0.05, 0) is 85.0 Å². The number of rotatable bonds is 9. The van der Waals surface area contributed by atoms with Crippen LogP contribution >= 0.6 is 11.6 Å². The number of carboxylic acids is 1. The highest BCUT2D eigenvalue weighted by molar-refractivity contribution is 6.30. The third-order valence-electron chi connectivity index (χ3n) is 8.38. The van der Waals surface area contributed by atoms with E-state index in [-0.39, 0.29) is 12.3 Å². The first-order valence-electron chi connectivity index (χ1n) is 15.1. The molecule has 0 spiro atoms. The Morgan fingerprint density at radius 3 is 2.30 bits per heavy atom. The lowest BCUT2D eigenvalue weighted by atomic mass is 9.89.